The molecule has 2 rings (SSSR count). The smallest absolute Gasteiger partial charge is 0.0718 e. The van der Waals surface area contributed by atoms with Crippen LogP contribution in [-0.2, 0) is 0 Å². The number of aromatic nitrogens is 1. The molecule has 2 aromatic rings. The van der Waals surface area contributed by atoms with Gasteiger partial charge in [0.2, 0.25) is 0 Å². The van der Waals surface area contributed by atoms with Crippen molar-refractivity contribution in [1.82, 2.24) is 4.68 Å². The average molecular weight is 184 g/mol. The van der Waals surface area contributed by atoms with Crippen molar-refractivity contribution in [3.05, 3.63) is 48.7 Å². The van der Waals surface area contributed by atoms with E-state index in [1.54, 1.807) is 6.21 Å². The Kier molecular flexibility index (Phi) is 2.45. The Morgan fingerprint density at radius 1 is 1.21 bits per heavy atom. The van der Waals surface area contributed by atoms with Crippen LogP contribution in [0, 0.1) is 0 Å². The van der Waals surface area contributed by atoms with Gasteiger partial charge in [-0.1, -0.05) is 24.3 Å². The molecule has 0 N–H and O–H groups in total. The third-order valence-corrected chi connectivity index (χ3v) is 2.05. The van der Waals surface area contributed by atoms with Gasteiger partial charge in [-0.3, -0.25) is 0 Å². The Balaban J connectivity index is 2.43. The largest absolute Gasteiger partial charge is 0.240 e. The second-order valence-electron chi connectivity index (χ2n) is 3.01. The molecular formula is C12H12N2. The summed E-state index contributed by atoms with van der Waals surface area (Å²) in [5, 5.41) is 5.50. The first-order valence-electron chi connectivity index (χ1n) is 4.63. The van der Waals surface area contributed by atoms with Gasteiger partial charge in [0.25, 0.3) is 0 Å². The van der Waals surface area contributed by atoms with Crippen molar-refractivity contribution >= 4 is 17.1 Å². The lowest BCUT2D eigenvalue weighted by Gasteiger charge is -1.94. The predicted molar refractivity (Wildman–Crippen MR) is 60.6 cm³/mol. The zero-order valence-corrected chi connectivity index (χ0v) is 8.09. The second-order valence-corrected chi connectivity index (χ2v) is 3.01. The molecule has 0 saturated carbocycles. The van der Waals surface area contributed by atoms with Gasteiger partial charge in [-0.25, -0.2) is 4.68 Å². The van der Waals surface area contributed by atoms with Crippen molar-refractivity contribution in [2.24, 2.45) is 5.10 Å². The lowest BCUT2D eigenvalue weighted by molar-refractivity contribution is 0.934. The lowest BCUT2D eigenvalue weighted by atomic mass is 10.3. The van der Waals surface area contributed by atoms with Crippen LogP contribution in [0.15, 0.2) is 53.8 Å². The lowest BCUT2D eigenvalue weighted by Crippen LogP contribution is -1.84. The summed E-state index contributed by atoms with van der Waals surface area (Å²) in [6.45, 7) is 1.97. The topological polar surface area (TPSA) is 17.3 Å². The molecule has 1 aromatic carbocycles. The molecule has 0 amide bonds. The summed E-state index contributed by atoms with van der Waals surface area (Å²) >= 11 is 0. The van der Waals surface area contributed by atoms with Crippen molar-refractivity contribution in [2.75, 3.05) is 0 Å². The number of para-hydroxylation sites is 1. The SMILES string of the molecule is C/C=C/C=N/n1ccc2ccccc21. The van der Waals surface area contributed by atoms with Crippen LogP contribution in [0.4, 0.5) is 0 Å². The normalized spacial score (nSPS) is 12.1. The van der Waals surface area contributed by atoms with Crippen molar-refractivity contribution in [3.8, 4) is 0 Å². The fourth-order valence-electron chi connectivity index (χ4n) is 1.37. The number of nitrogens with zero attached hydrogens (tertiary/aromatic N) is 2. The van der Waals surface area contributed by atoms with Crippen LogP contribution in [0.3, 0.4) is 0 Å². The van der Waals surface area contributed by atoms with Gasteiger partial charge < -0.3 is 0 Å². The van der Waals surface area contributed by atoms with Crippen LogP contribution in [0.25, 0.3) is 10.9 Å². The molecule has 0 aliphatic carbocycles. The Morgan fingerprint density at radius 3 is 2.93 bits per heavy atom. The van der Waals surface area contributed by atoms with Gasteiger partial charge in [-0.05, 0) is 25.1 Å². The second kappa shape index (κ2) is 3.92. The van der Waals surface area contributed by atoms with E-state index in [-0.39, 0.29) is 0 Å². The maximum Gasteiger partial charge on any atom is 0.0718 e. The Labute approximate surface area is 83.2 Å². The number of hydrogen-bond donors (Lipinski definition) is 0. The average Bonchev–Trinajstić information content (AvgIpc) is 2.63. The first-order valence-corrected chi connectivity index (χ1v) is 4.63. The van der Waals surface area contributed by atoms with Crippen LogP contribution in [0.1, 0.15) is 6.92 Å². The van der Waals surface area contributed by atoms with E-state index in [9.17, 15) is 0 Å². The molecule has 2 heteroatoms. The highest BCUT2D eigenvalue weighted by atomic mass is 15.3. The summed E-state index contributed by atoms with van der Waals surface area (Å²) in [5.74, 6) is 0. The highest BCUT2D eigenvalue weighted by molar-refractivity contribution is 5.80. The highest BCUT2D eigenvalue weighted by Crippen LogP contribution is 2.14. The molecule has 70 valence electrons. The van der Waals surface area contributed by atoms with E-state index in [4.69, 9.17) is 0 Å². The number of rotatable bonds is 2. The Morgan fingerprint density at radius 2 is 2.07 bits per heavy atom. The third kappa shape index (κ3) is 1.59. The molecule has 0 radical (unpaired) electrons. The summed E-state index contributed by atoms with van der Waals surface area (Å²) < 4.78 is 1.87. The summed E-state index contributed by atoms with van der Waals surface area (Å²) in [7, 11) is 0. The van der Waals surface area contributed by atoms with E-state index >= 15 is 0 Å². The van der Waals surface area contributed by atoms with Gasteiger partial charge in [0.05, 0.1) is 5.52 Å². The van der Waals surface area contributed by atoms with Gasteiger partial charge >= 0.3 is 0 Å². The van der Waals surface area contributed by atoms with Crippen LogP contribution < -0.4 is 0 Å². The zero-order chi connectivity index (χ0) is 9.80. The van der Waals surface area contributed by atoms with Gasteiger partial charge in [0.1, 0.15) is 0 Å². The van der Waals surface area contributed by atoms with E-state index in [1.165, 1.54) is 5.39 Å². The number of hydrogen-bond acceptors (Lipinski definition) is 1. The molecule has 0 atom stereocenters. The van der Waals surface area contributed by atoms with Gasteiger partial charge in [0.15, 0.2) is 0 Å². The van der Waals surface area contributed by atoms with E-state index < -0.39 is 0 Å². The predicted octanol–water partition coefficient (Wildman–Crippen LogP) is 3.05. The van der Waals surface area contributed by atoms with Crippen LogP contribution in [0.2, 0.25) is 0 Å². The number of fused-ring (bicyclic) bond motifs is 1. The first-order chi connectivity index (χ1) is 6.92. The van der Waals surface area contributed by atoms with Crippen molar-refractivity contribution in [2.45, 2.75) is 6.92 Å². The Bertz CT molecular complexity index is 478. The van der Waals surface area contributed by atoms with Crippen LogP contribution >= 0.6 is 0 Å². The van der Waals surface area contributed by atoms with Crippen molar-refractivity contribution < 1.29 is 0 Å². The van der Waals surface area contributed by atoms with Crippen LogP contribution in [-0.4, -0.2) is 10.9 Å². The summed E-state index contributed by atoms with van der Waals surface area (Å²) in [5.41, 5.74) is 1.13. The molecule has 0 saturated heterocycles. The fraction of sp³-hybridized carbons (Fsp3) is 0.0833. The van der Waals surface area contributed by atoms with Crippen molar-refractivity contribution in [3.63, 3.8) is 0 Å². The molecule has 2 nitrogen and oxygen atoms in total. The first kappa shape index (κ1) is 8.75. The maximum absolute atomic E-state index is 4.29. The molecule has 0 aliphatic rings. The van der Waals surface area contributed by atoms with Gasteiger partial charge in [-0.2, -0.15) is 5.10 Å². The Hall–Kier alpha value is -1.83. The van der Waals surface area contributed by atoms with Crippen molar-refractivity contribution in [1.29, 1.82) is 0 Å². The molecule has 1 heterocycles. The molecule has 0 unspecified atom stereocenters. The summed E-state index contributed by atoms with van der Waals surface area (Å²) in [6.07, 6.45) is 7.61. The van der Waals surface area contributed by atoms with E-state index in [1.807, 2.05) is 42.1 Å². The quantitative estimate of drug-likeness (QED) is 0.638. The van der Waals surface area contributed by atoms with E-state index in [0.717, 1.165) is 5.52 Å². The minimum atomic E-state index is 1.13. The van der Waals surface area contributed by atoms with E-state index in [2.05, 4.69) is 23.3 Å². The van der Waals surface area contributed by atoms with Gasteiger partial charge in [0, 0.05) is 17.8 Å². The highest BCUT2D eigenvalue weighted by Gasteiger charge is 1.95. The standard InChI is InChI=1S/C12H12N2/c1-2-3-9-13-14-10-8-11-6-4-5-7-12(11)14/h2-10H,1H3/b3-2+,13-9+. The zero-order valence-electron chi connectivity index (χ0n) is 8.09. The third-order valence-electron chi connectivity index (χ3n) is 2.05. The summed E-state index contributed by atoms with van der Waals surface area (Å²) in [6, 6.07) is 10.2. The molecule has 0 fully saturated rings. The van der Waals surface area contributed by atoms with E-state index in [0.29, 0.717) is 0 Å². The number of benzene rings is 1. The van der Waals surface area contributed by atoms with Crippen LogP contribution in [0.5, 0.6) is 0 Å². The molecule has 0 aliphatic heterocycles. The summed E-state index contributed by atoms with van der Waals surface area (Å²) in [4.78, 5) is 0. The molecule has 0 bridgehead atoms. The maximum atomic E-state index is 4.29. The fourth-order valence-corrected chi connectivity index (χ4v) is 1.37. The molecule has 14 heavy (non-hydrogen) atoms. The minimum absolute atomic E-state index is 1.13. The molecule has 1 aromatic heterocycles. The minimum Gasteiger partial charge on any atom is -0.240 e. The number of allylic oxidation sites excluding steroid dienone is 2. The molecular weight excluding hydrogens is 172 g/mol. The monoisotopic (exact) mass is 184 g/mol. The van der Waals surface area contributed by atoms with Gasteiger partial charge in [-0.15, -0.1) is 0 Å². The molecule has 0 spiro atoms.